The first-order valence-electron chi connectivity index (χ1n) is 6.77. The lowest BCUT2D eigenvalue weighted by Crippen LogP contribution is -2.21. The van der Waals surface area contributed by atoms with E-state index in [1.54, 1.807) is 0 Å². The molecule has 1 aromatic carbocycles. The Hall–Kier alpha value is -1.00. The van der Waals surface area contributed by atoms with Gasteiger partial charge in [0.25, 0.3) is 0 Å². The van der Waals surface area contributed by atoms with Gasteiger partial charge in [0.2, 0.25) is 0 Å². The third kappa shape index (κ3) is 2.84. The minimum absolute atomic E-state index is 0.0851. The molecule has 1 N–H and O–H groups in total. The third-order valence-corrected chi connectivity index (χ3v) is 4.96. The number of hydrogen-bond donors (Lipinski definition) is 1. The number of rotatable bonds is 4. The fourth-order valence-corrected chi connectivity index (χ4v) is 4.02. The standard InChI is InChI=1S/C16H15Cl2NOS/c1-3-19-14(11-8-13(17)21-16(11)18)12-7-10-6-4-5-9(2)15(10)20-12/h4-8,14,19H,3H2,1-2H3. The largest absolute Gasteiger partial charge is 0.459 e. The van der Waals surface area contributed by atoms with E-state index in [0.717, 1.165) is 34.4 Å². The van der Waals surface area contributed by atoms with Crippen molar-refractivity contribution in [3.8, 4) is 0 Å². The van der Waals surface area contributed by atoms with Crippen LogP contribution < -0.4 is 5.32 Å². The van der Waals surface area contributed by atoms with Crippen LogP contribution in [-0.2, 0) is 0 Å². The molecule has 0 aliphatic carbocycles. The molecule has 2 nitrogen and oxygen atoms in total. The number of hydrogen-bond acceptors (Lipinski definition) is 3. The molecule has 0 saturated carbocycles. The summed E-state index contributed by atoms with van der Waals surface area (Å²) in [6, 6.07) is 10.0. The summed E-state index contributed by atoms with van der Waals surface area (Å²) in [6.07, 6.45) is 0. The Balaban J connectivity index is 2.11. The number of halogens is 2. The molecule has 110 valence electrons. The van der Waals surface area contributed by atoms with Crippen LogP contribution in [0.4, 0.5) is 0 Å². The van der Waals surface area contributed by atoms with E-state index in [2.05, 4.69) is 24.4 Å². The van der Waals surface area contributed by atoms with E-state index in [1.165, 1.54) is 11.3 Å². The average molecular weight is 340 g/mol. The van der Waals surface area contributed by atoms with Crippen LogP contribution in [0.3, 0.4) is 0 Å². The normalized spacial score (nSPS) is 13.0. The number of furan rings is 1. The predicted molar refractivity (Wildman–Crippen MR) is 90.8 cm³/mol. The van der Waals surface area contributed by atoms with Gasteiger partial charge < -0.3 is 9.73 Å². The molecule has 2 aromatic heterocycles. The van der Waals surface area contributed by atoms with Crippen LogP contribution in [0.2, 0.25) is 8.67 Å². The highest BCUT2D eigenvalue weighted by Gasteiger charge is 2.22. The smallest absolute Gasteiger partial charge is 0.137 e. The van der Waals surface area contributed by atoms with Crippen LogP contribution in [0.1, 0.15) is 29.9 Å². The summed E-state index contributed by atoms with van der Waals surface area (Å²) in [5.74, 6) is 0.859. The van der Waals surface area contributed by atoms with Crippen molar-refractivity contribution >= 4 is 45.5 Å². The van der Waals surface area contributed by atoms with Crippen LogP contribution in [0, 0.1) is 6.92 Å². The van der Waals surface area contributed by atoms with E-state index in [-0.39, 0.29) is 6.04 Å². The second-order valence-corrected chi connectivity index (χ2v) is 7.20. The second-order valence-electron chi connectivity index (χ2n) is 4.91. The maximum absolute atomic E-state index is 6.31. The van der Waals surface area contributed by atoms with Crippen molar-refractivity contribution in [2.45, 2.75) is 19.9 Å². The van der Waals surface area contributed by atoms with Crippen LogP contribution in [-0.4, -0.2) is 6.54 Å². The minimum Gasteiger partial charge on any atom is -0.459 e. The zero-order valence-electron chi connectivity index (χ0n) is 11.7. The Morgan fingerprint density at radius 1 is 1.29 bits per heavy atom. The van der Waals surface area contributed by atoms with Gasteiger partial charge in [-0.3, -0.25) is 0 Å². The summed E-state index contributed by atoms with van der Waals surface area (Å²) < 4.78 is 7.46. The van der Waals surface area contributed by atoms with Crippen molar-refractivity contribution in [3.05, 3.63) is 55.9 Å². The Morgan fingerprint density at radius 3 is 2.71 bits per heavy atom. The number of nitrogens with one attached hydrogen (secondary N) is 1. The van der Waals surface area contributed by atoms with E-state index < -0.39 is 0 Å². The maximum Gasteiger partial charge on any atom is 0.137 e. The van der Waals surface area contributed by atoms with Gasteiger partial charge in [0.1, 0.15) is 11.3 Å². The Morgan fingerprint density at radius 2 is 2.10 bits per heavy atom. The van der Waals surface area contributed by atoms with Crippen molar-refractivity contribution in [2.24, 2.45) is 0 Å². The van der Waals surface area contributed by atoms with Gasteiger partial charge in [0, 0.05) is 10.9 Å². The van der Waals surface area contributed by atoms with E-state index in [0.29, 0.717) is 8.67 Å². The van der Waals surface area contributed by atoms with Crippen molar-refractivity contribution in [1.82, 2.24) is 5.32 Å². The fourth-order valence-electron chi connectivity index (χ4n) is 2.49. The molecular formula is C16H15Cl2NOS. The highest BCUT2D eigenvalue weighted by atomic mass is 35.5. The van der Waals surface area contributed by atoms with E-state index in [4.69, 9.17) is 27.6 Å². The summed E-state index contributed by atoms with van der Waals surface area (Å²) in [6.45, 7) is 4.92. The first-order valence-corrected chi connectivity index (χ1v) is 8.34. The molecule has 1 atom stereocenters. The van der Waals surface area contributed by atoms with Gasteiger partial charge in [-0.25, -0.2) is 0 Å². The topological polar surface area (TPSA) is 25.2 Å². The molecular weight excluding hydrogens is 325 g/mol. The molecule has 0 radical (unpaired) electrons. The lowest BCUT2D eigenvalue weighted by molar-refractivity contribution is 0.477. The number of thiophene rings is 1. The maximum atomic E-state index is 6.31. The highest BCUT2D eigenvalue weighted by Crippen LogP contribution is 2.39. The van der Waals surface area contributed by atoms with Crippen LogP contribution in [0.15, 0.2) is 34.7 Å². The van der Waals surface area contributed by atoms with Crippen molar-refractivity contribution in [2.75, 3.05) is 6.54 Å². The number of aryl methyl sites for hydroxylation is 1. The number of para-hydroxylation sites is 1. The molecule has 0 bridgehead atoms. The summed E-state index contributed by atoms with van der Waals surface area (Å²) in [4.78, 5) is 0. The second kappa shape index (κ2) is 6.01. The summed E-state index contributed by atoms with van der Waals surface area (Å²) >= 11 is 13.8. The van der Waals surface area contributed by atoms with Gasteiger partial charge in [-0.15, -0.1) is 11.3 Å². The van der Waals surface area contributed by atoms with E-state index in [1.807, 2.05) is 25.1 Å². The Kier molecular flexibility index (Phi) is 4.27. The quantitative estimate of drug-likeness (QED) is 0.648. The van der Waals surface area contributed by atoms with Gasteiger partial charge >= 0.3 is 0 Å². The highest BCUT2D eigenvalue weighted by molar-refractivity contribution is 7.20. The molecule has 0 fully saturated rings. The van der Waals surface area contributed by atoms with Crippen LogP contribution >= 0.6 is 34.5 Å². The zero-order chi connectivity index (χ0) is 15.0. The lowest BCUT2D eigenvalue weighted by Gasteiger charge is -2.14. The Bertz CT molecular complexity index is 778. The fraction of sp³-hybridized carbons (Fsp3) is 0.250. The molecule has 0 aliphatic heterocycles. The monoisotopic (exact) mass is 339 g/mol. The summed E-state index contributed by atoms with van der Waals surface area (Å²) in [5, 5.41) is 4.52. The minimum atomic E-state index is -0.0851. The molecule has 0 amide bonds. The van der Waals surface area contributed by atoms with Crippen molar-refractivity contribution in [3.63, 3.8) is 0 Å². The average Bonchev–Trinajstić information content (AvgIpc) is 3.00. The number of fused-ring (bicyclic) bond motifs is 1. The summed E-state index contributed by atoms with van der Waals surface area (Å²) in [7, 11) is 0. The molecule has 3 rings (SSSR count). The SMILES string of the molecule is CCNC(c1cc2cccc(C)c2o1)c1cc(Cl)sc1Cl. The zero-order valence-corrected chi connectivity index (χ0v) is 14.1. The van der Waals surface area contributed by atoms with Crippen molar-refractivity contribution in [1.29, 1.82) is 0 Å². The van der Waals surface area contributed by atoms with E-state index >= 15 is 0 Å². The molecule has 0 spiro atoms. The van der Waals surface area contributed by atoms with Gasteiger partial charge in [-0.1, -0.05) is 48.3 Å². The first kappa shape index (κ1) is 14.9. The molecule has 1 unspecified atom stereocenters. The molecule has 5 heteroatoms. The van der Waals surface area contributed by atoms with Crippen LogP contribution in [0.25, 0.3) is 11.0 Å². The molecule has 0 aliphatic rings. The summed E-state index contributed by atoms with van der Waals surface area (Å²) in [5.41, 5.74) is 3.02. The molecule has 0 saturated heterocycles. The molecule has 3 aromatic rings. The molecule has 2 heterocycles. The van der Waals surface area contributed by atoms with Crippen LogP contribution in [0.5, 0.6) is 0 Å². The van der Waals surface area contributed by atoms with Crippen molar-refractivity contribution < 1.29 is 4.42 Å². The van der Waals surface area contributed by atoms with E-state index in [9.17, 15) is 0 Å². The van der Waals surface area contributed by atoms with Gasteiger partial charge in [-0.2, -0.15) is 0 Å². The molecule has 21 heavy (non-hydrogen) atoms. The predicted octanol–water partition coefficient (Wildman–Crippen LogP) is 5.81. The first-order chi connectivity index (χ1) is 10.1. The Labute approximate surface area is 137 Å². The number of benzene rings is 1. The lowest BCUT2D eigenvalue weighted by atomic mass is 10.1. The van der Waals surface area contributed by atoms with Gasteiger partial charge in [0.05, 0.1) is 14.7 Å². The van der Waals surface area contributed by atoms with Gasteiger partial charge in [0.15, 0.2) is 0 Å². The third-order valence-electron chi connectivity index (χ3n) is 3.45. The van der Waals surface area contributed by atoms with Gasteiger partial charge in [-0.05, 0) is 31.2 Å².